The number of hydrogen-bond donors (Lipinski definition) is 4. The van der Waals surface area contributed by atoms with Crippen LogP contribution in [-0.4, -0.2) is 31.4 Å². The maximum absolute atomic E-state index is 10.5. The van der Waals surface area contributed by atoms with Crippen molar-refractivity contribution in [1.29, 1.82) is 0 Å². The summed E-state index contributed by atoms with van der Waals surface area (Å²) in [5.41, 5.74) is 7.70. The molecule has 88 valence electrons. The van der Waals surface area contributed by atoms with Gasteiger partial charge < -0.3 is 16.4 Å². The van der Waals surface area contributed by atoms with Crippen molar-refractivity contribution in [3.8, 4) is 0 Å². The first-order valence-electron chi connectivity index (χ1n) is 5.18. The standard InChI is InChI=1S/C6H7N3O.C4H10N2/c7-6(10)5-3-1-2-4-8-9-5;1-2-5-4-6-3-1/h1-4,8H,(H2,7,10);5-6H,1-4H2. The third-order valence-electron chi connectivity index (χ3n) is 1.93. The molecule has 0 aromatic rings. The van der Waals surface area contributed by atoms with E-state index in [1.165, 1.54) is 19.5 Å². The molecule has 5 N–H and O–H groups in total. The topological polar surface area (TPSA) is 91.5 Å². The third-order valence-corrected chi connectivity index (χ3v) is 1.93. The average Bonchev–Trinajstić information content (AvgIpc) is 2.61. The van der Waals surface area contributed by atoms with Gasteiger partial charge in [0.25, 0.3) is 5.91 Å². The molecule has 0 aromatic heterocycles. The molecule has 6 nitrogen and oxygen atoms in total. The second kappa shape index (κ2) is 7.61. The van der Waals surface area contributed by atoms with Crippen molar-refractivity contribution >= 4 is 11.6 Å². The van der Waals surface area contributed by atoms with E-state index < -0.39 is 5.91 Å². The molecular formula is C10H17N5O. The summed E-state index contributed by atoms with van der Waals surface area (Å²) in [6.07, 6.45) is 7.83. The number of nitrogens with two attached hydrogens (primary N) is 1. The number of carbonyl (C=O) groups excluding carboxylic acids is 1. The number of nitrogens with one attached hydrogen (secondary N) is 3. The molecule has 0 aromatic carbocycles. The molecule has 6 heteroatoms. The fraction of sp³-hybridized carbons (Fsp3) is 0.400. The maximum Gasteiger partial charge on any atom is 0.269 e. The Kier molecular flexibility index (Phi) is 5.90. The van der Waals surface area contributed by atoms with Crippen LogP contribution >= 0.6 is 0 Å². The molecule has 0 bridgehead atoms. The van der Waals surface area contributed by atoms with Gasteiger partial charge in [0.15, 0.2) is 0 Å². The monoisotopic (exact) mass is 223 g/mol. The van der Waals surface area contributed by atoms with Crippen molar-refractivity contribution in [2.45, 2.75) is 6.42 Å². The number of allylic oxidation sites excluding steroid dienone is 2. The molecular weight excluding hydrogens is 206 g/mol. The summed E-state index contributed by atoms with van der Waals surface area (Å²) in [4.78, 5) is 10.5. The minimum Gasteiger partial charge on any atom is -0.364 e. The highest BCUT2D eigenvalue weighted by Gasteiger charge is 2.01. The van der Waals surface area contributed by atoms with Gasteiger partial charge in [-0.1, -0.05) is 6.08 Å². The lowest BCUT2D eigenvalue weighted by molar-refractivity contribution is -0.111. The van der Waals surface area contributed by atoms with Crippen LogP contribution in [0.2, 0.25) is 0 Å². The van der Waals surface area contributed by atoms with Crippen LogP contribution in [0.15, 0.2) is 29.5 Å². The zero-order chi connectivity index (χ0) is 11.6. The smallest absolute Gasteiger partial charge is 0.269 e. The quantitative estimate of drug-likeness (QED) is 0.460. The molecule has 16 heavy (non-hydrogen) atoms. The van der Waals surface area contributed by atoms with Gasteiger partial charge in [0.05, 0.1) is 0 Å². The Labute approximate surface area is 94.7 Å². The van der Waals surface area contributed by atoms with Crippen LogP contribution < -0.4 is 21.8 Å². The highest BCUT2D eigenvalue weighted by atomic mass is 16.1. The second-order valence-corrected chi connectivity index (χ2v) is 3.24. The Morgan fingerprint density at radius 3 is 2.56 bits per heavy atom. The Hall–Kier alpha value is -1.66. The van der Waals surface area contributed by atoms with Crippen molar-refractivity contribution in [2.24, 2.45) is 10.8 Å². The van der Waals surface area contributed by atoms with Crippen molar-refractivity contribution in [3.63, 3.8) is 0 Å². The van der Waals surface area contributed by atoms with E-state index in [0.717, 1.165) is 6.67 Å². The number of nitrogens with zero attached hydrogens (tertiary/aromatic N) is 1. The average molecular weight is 223 g/mol. The molecule has 1 fully saturated rings. The molecule has 0 spiro atoms. The highest BCUT2D eigenvalue weighted by Crippen LogP contribution is 1.86. The number of primary amides is 1. The van der Waals surface area contributed by atoms with E-state index in [1.807, 2.05) is 0 Å². The Bertz CT molecular complexity index is 293. The van der Waals surface area contributed by atoms with Crippen LogP contribution in [0.5, 0.6) is 0 Å². The Morgan fingerprint density at radius 1 is 1.31 bits per heavy atom. The molecule has 0 saturated carbocycles. The van der Waals surface area contributed by atoms with Gasteiger partial charge in [0.1, 0.15) is 5.71 Å². The summed E-state index contributed by atoms with van der Waals surface area (Å²) in [7, 11) is 0. The molecule has 2 aliphatic rings. The second-order valence-electron chi connectivity index (χ2n) is 3.24. The Balaban J connectivity index is 0.000000181. The van der Waals surface area contributed by atoms with Crippen LogP contribution in [0.25, 0.3) is 0 Å². The van der Waals surface area contributed by atoms with Crippen molar-refractivity contribution in [2.75, 3.05) is 19.8 Å². The normalized spacial score (nSPS) is 18.6. The first-order valence-corrected chi connectivity index (χ1v) is 5.18. The zero-order valence-corrected chi connectivity index (χ0v) is 9.07. The van der Waals surface area contributed by atoms with Gasteiger partial charge in [-0.2, -0.15) is 5.10 Å². The predicted molar refractivity (Wildman–Crippen MR) is 63.5 cm³/mol. The number of amides is 1. The molecule has 1 amide bonds. The molecule has 2 rings (SSSR count). The zero-order valence-electron chi connectivity index (χ0n) is 9.07. The largest absolute Gasteiger partial charge is 0.364 e. The van der Waals surface area contributed by atoms with Crippen LogP contribution in [0.1, 0.15) is 6.42 Å². The molecule has 2 heterocycles. The summed E-state index contributed by atoms with van der Waals surface area (Å²) < 4.78 is 0. The molecule has 0 unspecified atom stereocenters. The summed E-state index contributed by atoms with van der Waals surface area (Å²) in [6.45, 7) is 3.38. The summed E-state index contributed by atoms with van der Waals surface area (Å²) >= 11 is 0. The fourth-order valence-electron chi connectivity index (χ4n) is 1.13. The number of hydrazone groups is 1. The molecule has 0 radical (unpaired) electrons. The summed E-state index contributed by atoms with van der Waals surface area (Å²) in [5, 5.41) is 9.99. The van der Waals surface area contributed by atoms with E-state index in [4.69, 9.17) is 5.73 Å². The molecule has 0 atom stereocenters. The lowest BCUT2D eigenvalue weighted by Gasteiger charge is -2.11. The van der Waals surface area contributed by atoms with E-state index in [9.17, 15) is 4.79 Å². The summed E-state index contributed by atoms with van der Waals surface area (Å²) in [5.74, 6) is -0.535. The Morgan fingerprint density at radius 2 is 2.06 bits per heavy atom. The third kappa shape index (κ3) is 5.28. The minimum atomic E-state index is -0.535. The van der Waals surface area contributed by atoms with Gasteiger partial charge >= 0.3 is 0 Å². The molecule has 2 aliphatic heterocycles. The molecule has 1 saturated heterocycles. The van der Waals surface area contributed by atoms with Crippen LogP contribution in [0.3, 0.4) is 0 Å². The first kappa shape index (κ1) is 12.4. The molecule has 0 aliphatic carbocycles. The van der Waals surface area contributed by atoms with Crippen molar-refractivity contribution in [1.82, 2.24) is 16.1 Å². The number of carbonyl (C=O) groups is 1. The van der Waals surface area contributed by atoms with E-state index in [2.05, 4.69) is 21.2 Å². The van der Waals surface area contributed by atoms with Gasteiger partial charge in [-0.3, -0.25) is 10.2 Å². The highest BCUT2D eigenvalue weighted by molar-refractivity contribution is 6.42. The van der Waals surface area contributed by atoms with Gasteiger partial charge in [-0.25, -0.2) is 0 Å². The van der Waals surface area contributed by atoms with E-state index in [0.29, 0.717) is 0 Å². The SMILES string of the molecule is C1CNCNC1.NC(=O)C1=NNC=CC=C1. The van der Waals surface area contributed by atoms with E-state index in [1.54, 1.807) is 24.4 Å². The fourth-order valence-corrected chi connectivity index (χ4v) is 1.13. The van der Waals surface area contributed by atoms with Gasteiger partial charge in [-0.05, 0) is 31.7 Å². The maximum atomic E-state index is 10.5. The minimum absolute atomic E-state index is 0.227. The van der Waals surface area contributed by atoms with Crippen LogP contribution in [0, 0.1) is 0 Å². The van der Waals surface area contributed by atoms with Gasteiger partial charge in [0, 0.05) is 12.9 Å². The lowest BCUT2D eigenvalue weighted by Crippen LogP contribution is -2.37. The summed E-state index contributed by atoms with van der Waals surface area (Å²) in [6, 6.07) is 0. The van der Waals surface area contributed by atoms with Crippen molar-refractivity contribution < 1.29 is 4.79 Å². The van der Waals surface area contributed by atoms with Gasteiger partial charge in [0.2, 0.25) is 0 Å². The van der Waals surface area contributed by atoms with Crippen LogP contribution in [-0.2, 0) is 4.79 Å². The number of hydrogen-bond acceptors (Lipinski definition) is 5. The first-order chi connectivity index (χ1) is 7.80. The van der Waals surface area contributed by atoms with E-state index >= 15 is 0 Å². The predicted octanol–water partition coefficient (Wildman–Crippen LogP) is -0.972. The number of rotatable bonds is 1. The van der Waals surface area contributed by atoms with Crippen molar-refractivity contribution in [3.05, 3.63) is 24.4 Å². The van der Waals surface area contributed by atoms with Gasteiger partial charge in [-0.15, -0.1) is 0 Å². The van der Waals surface area contributed by atoms with E-state index in [-0.39, 0.29) is 5.71 Å². The lowest BCUT2D eigenvalue weighted by atomic mass is 10.3. The van der Waals surface area contributed by atoms with Crippen LogP contribution in [0.4, 0.5) is 0 Å².